The van der Waals surface area contributed by atoms with Gasteiger partial charge in [-0.2, -0.15) is 0 Å². The number of rotatable bonds is 13. The molecule has 1 heterocycles. The van der Waals surface area contributed by atoms with Crippen molar-refractivity contribution in [2.45, 2.75) is 98.4 Å². The molecular weight excluding hydrogens is 536 g/mol. The average molecular weight is 585 g/mol. The number of carbonyl (C=O) groups excluding carboxylic acids is 5. The zero-order valence-corrected chi connectivity index (χ0v) is 25.9. The van der Waals surface area contributed by atoms with Crippen LogP contribution in [0.3, 0.4) is 0 Å². The average Bonchev–Trinajstić information content (AvgIpc) is 3.66. The van der Waals surface area contributed by atoms with E-state index >= 15 is 0 Å². The van der Waals surface area contributed by atoms with Gasteiger partial charge in [-0.1, -0.05) is 84.2 Å². The first-order valence-electron chi connectivity index (χ1n) is 15.1. The Morgan fingerprint density at radius 2 is 1.71 bits per heavy atom. The number of carbonyl (C=O) groups is 5. The highest BCUT2D eigenvalue weighted by molar-refractivity contribution is 5.95. The Morgan fingerprint density at radius 3 is 2.29 bits per heavy atom. The Kier molecular flexibility index (Phi) is 11.5. The Bertz CT molecular complexity index is 1110. The van der Waals surface area contributed by atoms with Gasteiger partial charge in [0.1, 0.15) is 25.2 Å². The SMILES string of the molecule is CCC(C)[C@@H]1CC(C(=O)NC(CC2CC2)C(C)=O)N(C(=O)C(NC(=O)NCC(=O)OCc2ccccc2)C(C)(C)C)C1. The van der Waals surface area contributed by atoms with Gasteiger partial charge in [0.2, 0.25) is 11.8 Å². The zero-order valence-electron chi connectivity index (χ0n) is 25.9. The Morgan fingerprint density at radius 1 is 1.05 bits per heavy atom. The van der Waals surface area contributed by atoms with Gasteiger partial charge in [-0.05, 0) is 48.5 Å². The van der Waals surface area contributed by atoms with E-state index in [9.17, 15) is 24.0 Å². The molecule has 4 amide bonds. The molecule has 1 aliphatic carbocycles. The van der Waals surface area contributed by atoms with E-state index in [2.05, 4.69) is 29.8 Å². The third-order valence-corrected chi connectivity index (χ3v) is 8.47. The van der Waals surface area contributed by atoms with E-state index in [4.69, 9.17) is 4.74 Å². The van der Waals surface area contributed by atoms with Crippen molar-refractivity contribution in [3.8, 4) is 0 Å². The van der Waals surface area contributed by atoms with Crippen LogP contribution in [0.5, 0.6) is 0 Å². The van der Waals surface area contributed by atoms with E-state index in [1.807, 2.05) is 51.1 Å². The fourth-order valence-corrected chi connectivity index (χ4v) is 5.33. The van der Waals surface area contributed by atoms with Crippen LogP contribution < -0.4 is 16.0 Å². The van der Waals surface area contributed by atoms with Crippen LogP contribution in [0.15, 0.2) is 30.3 Å². The summed E-state index contributed by atoms with van der Waals surface area (Å²) >= 11 is 0. The summed E-state index contributed by atoms with van der Waals surface area (Å²) in [4.78, 5) is 66.5. The molecule has 0 spiro atoms. The molecule has 3 rings (SSSR count). The topological polar surface area (TPSA) is 134 Å². The lowest BCUT2D eigenvalue weighted by atomic mass is 9.85. The molecule has 0 radical (unpaired) electrons. The van der Waals surface area contributed by atoms with E-state index in [-0.39, 0.29) is 36.7 Å². The third kappa shape index (κ3) is 9.56. The summed E-state index contributed by atoms with van der Waals surface area (Å²) in [6, 6.07) is 6.27. The number of nitrogens with one attached hydrogen (secondary N) is 3. The molecule has 1 aromatic rings. The number of likely N-dealkylation sites (tertiary alicyclic amines) is 1. The molecule has 4 unspecified atom stereocenters. The van der Waals surface area contributed by atoms with Crippen LogP contribution in [0, 0.1) is 23.2 Å². The zero-order chi connectivity index (χ0) is 31.0. The molecule has 0 aromatic heterocycles. The molecule has 5 atom stereocenters. The molecule has 42 heavy (non-hydrogen) atoms. The molecule has 1 aromatic carbocycles. The Balaban J connectivity index is 1.67. The summed E-state index contributed by atoms with van der Waals surface area (Å²) in [5, 5.41) is 8.16. The number of amides is 4. The predicted octanol–water partition coefficient (Wildman–Crippen LogP) is 3.58. The Hall–Kier alpha value is -3.43. The van der Waals surface area contributed by atoms with Crippen LogP contribution in [0.25, 0.3) is 0 Å². The van der Waals surface area contributed by atoms with Gasteiger partial charge in [0.15, 0.2) is 5.78 Å². The lowest BCUT2D eigenvalue weighted by Gasteiger charge is -2.35. The van der Waals surface area contributed by atoms with Gasteiger partial charge in [-0.3, -0.25) is 19.2 Å². The molecule has 1 aliphatic heterocycles. The summed E-state index contributed by atoms with van der Waals surface area (Å²) < 4.78 is 5.22. The monoisotopic (exact) mass is 584 g/mol. The second-order valence-corrected chi connectivity index (χ2v) is 13.0. The van der Waals surface area contributed by atoms with Gasteiger partial charge in [-0.15, -0.1) is 0 Å². The number of urea groups is 1. The van der Waals surface area contributed by atoms with Gasteiger partial charge in [0.05, 0.1) is 6.04 Å². The molecule has 1 saturated carbocycles. The van der Waals surface area contributed by atoms with Gasteiger partial charge in [0.25, 0.3) is 0 Å². The number of esters is 1. The van der Waals surface area contributed by atoms with Crippen molar-refractivity contribution < 1.29 is 28.7 Å². The van der Waals surface area contributed by atoms with Crippen molar-refractivity contribution in [1.82, 2.24) is 20.9 Å². The van der Waals surface area contributed by atoms with Crippen LogP contribution in [0.4, 0.5) is 4.79 Å². The molecule has 1 saturated heterocycles. The number of hydrogen-bond donors (Lipinski definition) is 3. The minimum Gasteiger partial charge on any atom is -0.460 e. The quantitative estimate of drug-likeness (QED) is 0.304. The molecule has 0 bridgehead atoms. The highest BCUT2D eigenvalue weighted by Gasteiger charge is 2.46. The number of ketones is 1. The minimum atomic E-state index is -0.959. The van der Waals surface area contributed by atoms with Gasteiger partial charge in [0, 0.05) is 6.54 Å². The highest BCUT2D eigenvalue weighted by atomic mass is 16.5. The van der Waals surface area contributed by atoms with Gasteiger partial charge in [-0.25, -0.2) is 4.79 Å². The number of ether oxygens (including phenoxy) is 1. The number of benzene rings is 1. The maximum Gasteiger partial charge on any atom is 0.325 e. The van der Waals surface area contributed by atoms with E-state index in [1.165, 1.54) is 6.92 Å². The minimum absolute atomic E-state index is 0.0854. The second kappa shape index (κ2) is 14.6. The molecule has 10 nitrogen and oxygen atoms in total. The standard InChI is InChI=1S/C32H48N4O6/c1-7-20(2)24-16-26(29(39)34-25(21(3)37)15-22-13-14-22)36(18-24)30(40)28(32(4,5)6)35-31(41)33-17-27(38)42-19-23-11-9-8-10-12-23/h8-12,20,22,24-26,28H,7,13-19H2,1-6H3,(H,34,39)(H2,33,35,41)/t20?,24-,25?,26?,28?/m1/s1. The summed E-state index contributed by atoms with van der Waals surface area (Å²) in [5.41, 5.74) is 0.141. The van der Waals surface area contributed by atoms with Gasteiger partial charge < -0.3 is 25.6 Å². The summed E-state index contributed by atoms with van der Waals surface area (Å²) in [6.45, 7) is 11.3. The third-order valence-electron chi connectivity index (χ3n) is 8.47. The summed E-state index contributed by atoms with van der Waals surface area (Å²) in [7, 11) is 0. The van der Waals surface area contributed by atoms with Crippen LogP contribution >= 0.6 is 0 Å². The lowest BCUT2D eigenvalue weighted by Crippen LogP contribution is -2.60. The fourth-order valence-electron chi connectivity index (χ4n) is 5.33. The number of Topliss-reactive ketones (excluding diaryl/α,β-unsaturated/α-hetero) is 1. The van der Waals surface area contributed by atoms with Crippen LogP contribution in [0.2, 0.25) is 0 Å². The Labute approximate surface area is 249 Å². The van der Waals surface area contributed by atoms with Crippen molar-refractivity contribution in [2.24, 2.45) is 23.2 Å². The normalized spacial score (nSPS) is 20.7. The molecule has 3 N–H and O–H groups in total. The maximum atomic E-state index is 14.0. The fraction of sp³-hybridized carbons (Fsp3) is 0.656. The molecular formula is C32H48N4O6. The summed E-state index contributed by atoms with van der Waals surface area (Å²) in [5.74, 6) is -0.520. The van der Waals surface area contributed by atoms with Gasteiger partial charge >= 0.3 is 12.0 Å². The van der Waals surface area contributed by atoms with Crippen molar-refractivity contribution in [2.75, 3.05) is 13.1 Å². The first-order chi connectivity index (χ1) is 19.8. The molecule has 2 aliphatic rings. The number of hydrogen-bond acceptors (Lipinski definition) is 6. The summed E-state index contributed by atoms with van der Waals surface area (Å²) in [6.07, 6.45) is 4.15. The first-order valence-corrected chi connectivity index (χ1v) is 15.1. The van der Waals surface area contributed by atoms with Crippen molar-refractivity contribution in [1.29, 1.82) is 0 Å². The number of nitrogens with zero attached hydrogens (tertiary/aromatic N) is 1. The second-order valence-electron chi connectivity index (χ2n) is 13.0. The van der Waals surface area contributed by atoms with Crippen molar-refractivity contribution in [3.05, 3.63) is 35.9 Å². The van der Waals surface area contributed by atoms with E-state index < -0.39 is 35.5 Å². The smallest absolute Gasteiger partial charge is 0.325 e. The van der Waals surface area contributed by atoms with E-state index in [0.717, 1.165) is 24.8 Å². The van der Waals surface area contributed by atoms with Crippen LogP contribution in [-0.2, 0) is 30.5 Å². The van der Waals surface area contributed by atoms with E-state index in [0.29, 0.717) is 31.2 Å². The lowest BCUT2D eigenvalue weighted by molar-refractivity contribution is -0.143. The first kappa shape index (κ1) is 33.1. The van der Waals surface area contributed by atoms with Crippen LogP contribution in [-0.4, -0.2) is 65.7 Å². The van der Waals surface area contributed by atoms with Crippen molar-refractivity contribution >= 4 is 29.6 Å². The van der Waals surface area contributed by atoms with Crippen LogP contribution in [0.1, 0.15) is 79.2 Å². The van der Waals surface area contributed by atoms with E-state index in [1.54, 1.807) is 4.90 Å². The molecule has 10 heteroatoms. The predicted molar refractivity (Wildman–Crippen MR) is 159 cm³/mol. The maximum absolute atomic E-state index is 14.0. The molecule has 2 fully saturated rings. The molecule has 232 valence electrons. The largest absolute Gasteiger partial charge is 0.460 e. The highest BCUT2D eigenvalue weighted by Crippen LogP contribution is 2.35. The van der Waals surface area contributed by atoms with Crippen molar-refractivity contribution in [3.63, 3.8) is 0 Å².